The van der Waals surface area contributed by atoms with Gasteiger partial charge in [-0.1, -0.05) is 0 Å². The molecule has 0 aliphatic rings. The molecule has 0 saturated heterocycles. The number of hydrogen-bond donors (Lipinski definition) is 3. The van der Waals surface area contributed by atoms with Crippen molar-refractivity contribution in [2.45, 2.75) is 31.1 Å². The molecule has 1 atom stereocenters. The number of halogens is 2. The van der Waals surface area contributed by atoms with E-state index in [1.807, 2.05) is 0 Å². The highest BCUT2D eigenvalue weighted by molar-refractivity contribution is 7.86. The van der Waals surface area contributed by atoms with Crippen molar-refractivity contribution in [2.75, 3.05) is 32.9 Å². The molecule has 0 rings (SSSR count). The smallest absolute Gasteiger partial charge is 0.405 e. The second kappa shape index (κ2) is 10.1. The molecule has 0 fully saturated rings. The molecule has 23 heavy (non-hydrogen) atoms. The fourth-order valence-electron chi connectivity index (χ4n) is 1.41. The van der Waals surface area contributed by atoms with Crippen LogP contribution in [0.15, 0.2) is 0 Å². The Morgan fingerprint density at radius 2 is 1.78 bits per heavy atom. The Kier molecular flexibility index (Phi) is 9.65. The lowest BCUT2D eigenvalue weighted by Gasteiger charge is -2.21. The highest BCUT2D eigenvalue weighted by atomic mass is 32.2. The van der Waals surface area contributed by atoms with Crippen molar-refractivity contribution in [3.8, 4) is 0 Å². The van der Waals surface area contributed by atoms with E-state index >= 15 is 0 Å². The van der Waals surface area contributed by atoms with Gasteiger partial charge in [-0.05, 0) is 13.3 Å². The Morgan fingerprint density at radius 3 is 2.22 bits per heavy atom. The highest BCUT2D eigenvalue weighted by Gasteiger charge is 2.51. The van der Waals surface area contributed by atoms with Crippen molar-refractivity contribution in [3.05, 3.63) is 0 Å². The third-order valence-corrected chi connectivity index (χ3v) is 3.64. The SMILES string of the molecule is CC(OC(=O)CCCON(CCO)CCO)C(F)(F)S(=O)(=O)O. The normalized spacial score (nSPS) is 14.0. The third-order valence-electron chi connectivity index (χ3n) is 2.62. The summed E-state index contributed by atoms with van der Waals surface area (Å²) in [6, 6.07) is 0. The minimum absolute atomic E-state index is 0.00181. The quantitative estimate of drug-likeness (QED) is 0.179. The fraction of sp³-hybridized carbons (Fsp3) is 0.909. The maximum atomic E-state index is 13.2. The van der Waals surface area contributed by atoms with Crippen LogP contribution in [0.3, 0.4) is 0 Å². The van der Waals surface area contributed by atoms with Crippen LogP contribution in [-0.2, 0) is 24.5 Å². The Bertz CT molecular complexity index is 453. The maximum Gasteiger partial charge on any atom is 0.405 e. The number of esters is 1. The third kappa shape index (κ3) is 7.94. The molecule has 1 unspecified atom stereocenters. The van der Waals surface area contributed by atoms with E-state index in [-0.39, 0.29) is 45.8 Å². The van der Waals surface area contributed by atoms with Gasteiger partial charge in [0.15, 0.2) is 6.10 Å². The van der Waals surface area contributed by atoms with Gasteiger partial charge < -0.3 is 14.9 Å². The van der Waals surface area contributed by atoms with Crippen LogP contribution in [-0.4, -0.2) is 78.5 Å². The summed E-state index contributed by atoms with van der Waals surface area (Å²) in [5.41, 5.74) is 0. The predicted octanol–water partition coefficient (Wildman–Crippen LogP) is -0.603. The van der Waals surface area contributed by atoms with Gasteiger partial charge in [-0.3, -0.25) is 14.2 Å². The zero-order chi connectivity index (χ0) is 18.1. The highest BCUT2D eigenvalue weighted by Crippen LogP contribution is 2.27. The van der Waals surface area contributed by atoms with Crippen LogP contribution in [0.2, 0.25) is 0 Å². The number of aliphatic hydroxyl groups is 2. The van der Waals surface area contributed by atoms with Gasteiger partial charge in [0.05, 0.1) is 19.8 Å². The summed E-state index contributed by atoms with van der Waals surface area (Å²) >= 11 is 0. The zero-order valence-corrected chi connectivity index (χ0v) is 13.3. The predicted molar refractivity (Wildman–Crippen MR) is 73.0 cm³/mol. The van der Waals surface area contributed by atoms with Crippen molar-refractivity contribution in [2.24, 2.45) is 0 Å². The summed E-state index contributed by atoms with van der Waals surface area (Å²) in [6.45, 7) is 0.518. The van der Waals surface area contributed by atoms with E-state index in [9.17, 15) is 22.0 Å². The number of alkyl halides is 2. The average Bonchev–Trinajstić information content (AvgIpc) is 2.42. The first-order valence-electron chi connectivity index (χ1n) is 6.70. The van der Waals surface area contributed by atoms with Crippen molar-refractivity contribution in [3.63, 3.8) is 0 Å². The van der Waals surface area contributed by atoms with Gasteiger partial charge in [-0.25, -0.2) is 0 Å². The molecule has 0 aromatic rings. The van der Waals surface area contributed by atoms with Crippen molar-refractivity contribution < 1.29 is 46.3 Å². The molecule has 0 aromatic carbocycles. The minimum atomic E-state index is -5.69. The monoisotopic (exact) mass is 365 g/mol. The molecular formula is C11H21F2NO8S. The summed E-state index contributed by atoms with van der Waals surface area (Å²) < 4.78 is 59.9. The first-order valence-corrected chi connectivity index (χ1v) is 8.14. The number of carbonyl (C=O) groups is 1. The lowest BCUT2D eigenvalue weighted by molar-refractivity contribution is -0.173. The Morgan fingerprint density at radius 1 is 1.26 bits per heavy atom. The number of carbonyl (C=O) groups excluding carboxylic acids is 1. The molecule has 0 saturated carbocycles. The van der Waals surface area contributed by atoms with E-state index in [1.54, 1.807) is 0 Å². The minimum Gasteiger partial charge on any atom is -0.455 e. The number of ether oxygens (including phenoxy) is 1. The van der Waals surface area contributed by atoms with Crippen LogP contribution < -0.4 is 0 Å². The van der Waals surface area contributed by atoms with Gasteiger partial charge in [0.1, 0.15) is 0 Å². The molecule has 0 bridgehead atoms. The topological polar surface area (TPSA) is 134 Å². The molecule has 0 aliphatic heterocycles. The lowest BCUT2D eigenvalue weighted by Crippen LogP contribution is -2.42. The average molecular weight is 365 g/mol. The van der Waals surface area contributed by atoms with Crippen LogP contribution in [0, 0.1) is 0 Å². The summed E-state index contributed by atoms with van der Waals surface area (Å²) in [6.07, 6.45) is -2.58. The van der Waals surface area contributed by atoms with Crippen molar-refractivity contribution >= 4 is 16.1 Å². The number of aliphatic hydroxyl groups excluding tert-OH is 2. The van der Waals surface area contributed by atoms with Gasteiger partial charge >= 0.3 is 21.3 Å². The van der Waals surface area contributed by atoms with Gasteiger partial charge in [0.25, 0.3) is 0 Å². The van der Waals surface area contributed by atoms with Gasteiger partial charge in [-0.15, -0.1) is 0 Å². The Hall–Kier alpha value is -0.920. The van der Waals surface area contributed by atoms with E-state index in [0.29, 0.717) is 6.92 Å². The second-order valence-corrected chi connectivity index (χ2v) is 5.98. The number of rotatable bonds is 12. The van der Waals surface area contributed by atoms with E-state index in [4.69, 9.17) is 19.6 Å². The van der Waals surface area contributed by atoms with Crippen molar-refractivity contribution in [1.82, 2.24) is 5.06 Å². The van der Waals surface area contributed by atoms with Crippen LogP contribution in [0.4, 0.5) is 8.78 Å². The zero-order valence-electron chi connectivity index (χ0n) is 12.5. The van der Waals surface area contributed by atoms with E-state index < -0.39 is 27.4 Å². The summed E-state index contributed by atoms with van der Waals surface area (Å²) in [5, 5.41) is 14.1. The Labute approximate surface area is 132 Å². The molecule has 138 valence electrons. The van der Waals surface area contributed by atoms with Gasteiger partial charge in [-0.2, -0.15) is 22.3 Å². The summed E-state index contributed by atoms with van der Waals surface area (Å²) in [5.74, 6) is -1.08. The number of hydrogen-bond acceptors (Lipinski definition) is 8. The lowest BCUT2D eigenvalue weighted by atomic mass is 10.3. The molecule has 0 aromatic heterocycles. The maximum absolute atomic E-state index is 13.2. The number of hydroxylamine groups is 2. The molecule has 0 heterocycles. The van der Waals surface area contributed by atoms with E-state index in [2.05, 4.69) is 4.74 Å². The number of nitrogens with zero attached hydrogens (tertiary/aromatic N) is 1. The summed E-state index contributed by atoms with van der Waals surface area (Å²) in [4.78, 5) is 16.5. The molecule has 0 spiro atoms. The van der Waals surface area contributed by atoms with Gasteiger partial charge in [0.2, 0.25) is 0 Å². The van der Waals surface area contributed by atoms with Gasteiger partial charge in [0, 0.05) is 19.5 Å². The summed E-state index contributed by atoms with van der Waals surface area (Å²) in [7, 11) is -5.69. The molecule has 9 nitrogen and oxygen atoms in total. The molecule has 0 amide bonds. The van der Waals surface area contributed by atoms with Crippen LogP contribution in [0.1, 0.15) is 19.8 Å². The van der Waals surface area contributed by atoms with E-state index in [0.717, 1.165) is 0 Å². The van der Waals surface area contributed by atoms with Crippen molar-refractivity contribution in [1.29, 1.82) is 0 Å². The fourth-order valence-corrected chi connectivity index (χ4v) is 1.88. The van der Waals surface area contributed by atoms with Crippen LogP contribution in [0.5, 0.6) is 0 Å². The largest absolute Gasteiger partial charge is 0.455 e. The molecular weight excluding hydrogens is 344 g/mol. The molecule has 3 N–H and O–H groups in total. The molecule has 0 radical (unpaired) electrons. The first kappa shape index (κ1) is 22.1. The Balaban J connectivity index is 4.17. The molecule has 0 aliphatic carbocycles. The standard InChI is InChI=1S/C11H21F2NO8S/c1-9(11(12,13)23(18,19)20)22-10(17)3-2-8-21-14(4-6-15)5-7-16/h9,15-16H,2-8H2,1H3,(H,18,19,20). The van der Waals surface area contributed by atoms with Crippen LogP contribution in [0.25, 0.3) is 0 Å². The van der Waals surface area contributed by atoms with Crippen LogP contribution >= 0.6 is 0 Å². The first-order chi connectivity index (χ1) is 10.6. The van der Waals surface area contributed by atoms with E-state index in [1.165, 1.54) is 5.06 Å². The molecule has 12 heteroatoms. The second-order valence-electron chi connectivity index (χ2n) is 4.48.